The number of hydrogen-bond donors (Lipinski definition) is 1. The third-order valence-corrected chi connectivity index (χ3v) is 3.73. The maximum atomic E-state index is 5.40. The fraction of sp³-hybridized carbons (Fsp3) is 1.00. The van der Waals surface area contributed by atoms with Crippen LogP contribution in [0.3, 0.4) is 0 Å². The predicted molar refractivity (Wildman–Crippen MR) is 78.0 cm³/mol. The summed E-state index contributed by atoms with van der Waals surface area (Å²) in [4.78, 5) is 2.53. The number of nitrogens with zero attached hydrogens (tertiary/aromatic N) is 1. The number of ether oxygens (including phenoxy) is 1. The number of unbranched alkanes of at least 4 members (excludes halogenated alkanes) is 2. The third kappa shape index (κ3) is 7.34. The van der Waals surface area contributed by atoms with Crippen molar-refractivity contribution in [1.82, 2.24) is 10.2 Å². The smallest absolute Gasteiger partial charge is 0.0480 e. The van der Waals surface area contributed by atoms with Crippen molar-refractivity contribution in [3.05, 3.63) is 0 Å². The summed E-state index contributed by atoms with van der Waals surface area (Å²) in [5, 5.41) is 3.51. The summed E-state index contributed by atoms with van der Waals surface area (Å²) in [5.41, 5.74) is 0. The monoisotopic (exact) mass is 256 g/mol. The Kier molecular flexibility index (Phi) is 8.64. The Morgan fingerprint density at radius 3 is 2.56 bits per heavy atom. The second kappa shape index (κ2) is 9.76. The highest BCUT2D eigenvalue weighted by atomic mass is 16.5. The Labute approximate surface area is 113 Å². The summed E-state index contributed by atoms with van der Waals surface area (Å²) in [6.45, 7) is 10.0. The molecule has 0 bridgehead atoms. The Morgan fingerprint density at radius 1 is 1.17 bits per heavy atom. The van der Waals surface area contributed by atoms with Gasteiger partial charge in [-0.15, -0.1) is 0 Å². The predicted octanol–water partition coefficient (Wildman–Crippen LogP) is 2.51. The van der Waals surface area contributed by atoms with Crippen LogP contribution in [0.5, 0.6) is 0 Å². The fourth-order valence-electron chi connectivity index (χ4n) is 2.49. The van der Waals surface area contributed by atoms with E-state index in [2.05, 4.69) is 31.1 Å². The summed E-state index contributed by atoms with van der Waals surface area (Å²) in [6, 6.07) is 0.762. The molecule has 1 aliphatic heterocycles. The zero-order chi connectivity index (χ0) is 13.2. The van der Waals surface area contributed by atoms with Crippen molar-refractivity contribution in [2.24, 2.45) is 5.92 Å². The second-order valence-electron chi connectivity index (χ2n) is 5.98. The molecule has 0 atom stereocenters. The second-order valence-corrected chi connectivity index (χ2v) is 5.98. The van der Waals surface area contributed by atoms with E-state index in [0.717, 1.165) is 31.7 Å². The Balaban J connectivity index is 1.90. The molecule has 0 aromatic heterocycles. The van der Waals surface area contributed by atoms with Crippen LogP contribution in [0, 0.1) is 5.92 Å². The summed E-state index contributed by atoms with van der Waals surface area (Å²) < 4.78 is 5.40. The highest BCUT2D eigenvalue weighted by Gasteiger charge is 2.17. The molecule has 3 heteroatoms. The molecule has 0 aromatic rings. The van der Waals surface area contributed by atoms with Crippen molar-refractivity contribution in [1.29, 1.82) is 0 Å². The molecule has 0 amide bonds. The van der Waals surface area contributed by atoms with Gasteiger partial charge < -0.3 is 15.0 Å². The molecule has 1 saturated heterocycles. The first kappa shape index (κ1) is 15.9. The lowest BCUT2D eigenvalue weighted by atomic mass is 10.1. The van der Waals surface area contributed by atoms with Crippen molar-refractivity contribution in [3.8, 4) is 0 Å². The first-order valence-corrected chi connectivity index (χ1v) is 7.69. The van der Waals surface area contributed by atoms with Crippen LogP contribution in [-0.4, -0.2) is 50.8 Å². The summed E-state index contributed by atoms with van der Waals surface area (Å²) in [5.74, 6) is 0.768. The molecule has 0 aliphatic carbocycles. The highest BCUT2D eigenvalue weighted by molar-refractivity contribution is 4.71. The minimum atomic E-state index is 0.762. The minimum Gasteiger partial charge on any atom is -0.381 e. The van der Waals surface area contributed by atoms with Gasteiger partial charge in [0.25, 0.3) is 0 Å². The van der Waals surface area contributed by atoms with Crippen LogP contribution < -0.4 is 5.32 Å². The quantitative estimate of drug-likeness (QED) is 0.642. The number of hydrogen-bond acceptors (Lipinski definition) is 3. The van der Waals surface area contributed by atoms with Gasteiger partial charge in [-0.3, -0.25) is 0 Å². The maximum Gasteiger partial charge on any atom is 0.0480 e. The first-order chi connectivity index (χ1) is 8.70. The Bertz CT molecular complexity index is 191. The van der Waals surface area contributed by atoms with Gasteiger partial charge >= 0.3 is 0 Å². The normalized spacial score (nSPS) is 17.8. The zero-order valence-electron chi connectivity index (χ0n) is 12.6. The van der Waals surface area contributed by atoms with Crippen LogP contribution in [0.4, 0.5) is 0 Å². The fourth-order valence-corrected chi connectivity index (χ4v) is 2.49. The summed E-state index contributed by atoms with van der Waals surface area (Å²) in [6.07, 6.45) is 6.42. The molecule has 0 radical (unpaired) electrons. The molecule has 1 heterocycles. The van der Waals surface area contributed by atoms with E-state index in [-0.39, 0.29) is 0 Å². The van der Waals surface area contributed by atoms with E-state index in [9.17, 15) is 0 Å². The van der Waals surface area contributed by atoms with Crippen molar-refractivity contribution >= 4 is 0 Å². The molecule has 1 aliphatic rings. The first-order valence-electron chi connectivity index (χ1n) is 7.69. The van der Waals surface area contributed by atoms with Crippen molar-refractivity contribution in [2.75, 3.05) is 39.9 Å². The van der Waals surface area contributed by atoms with Crippen LogP contribution in [0.15, 0.2) is 0 Å². The van der Waals surface area contributed by atoms with Crippen LogP contribution in [-0.2, 0) is 4.74 Å². The molecule has 0 unspecified atom stereocenters. The van der Waals surface area contributed by atoms with Gasteiger partial charge in [-0.1, -0.05) is 20.3 Å². The van der Waals surface area contributed by atoms with Gasteiger partial charge in [0.15, 0.2) is 0 Å². The molecule has 18 heavy (non-hydrogen) atoms. The molecule has 0 spiro atoms. The van der Waals surface area contributed by atoms with Crippen LogP contribution in [0.1, 0.15) is 46.0 Å². The molecule has 1 fully saturated rings. The van der Waals surface area contributed by atoms with Crippen LogP contribution in [0.2, 0.25) is 0 Å². The van der Waals surface area contributed by atoms with E-state index < -0.39 is 0 Å². The maximum absolute atomic E-state index is 5.40. The van der Waals surface area contributed by atoms with E-state index in [4.69, 9.17) is 4.74 Å². The molecule has 0 aromatic carbocycles. The van der Waals surface area contributed by atoms with Gasteiger partial charge in [-0.2, -0.15) is 0 Å². The van der Waals surface area contributed by atoms with Gasteiger partial charge in [0.1, 0.15) is 0 Å². The van der Waals surface area contributed by atoms with Gasteiger partial charge in [-0.25, -0.2) is 0 Å². The van der Waals surface area contributed by atoms with E-state index in [1.54, 1.807) is 0 Å². The van der Waals surface area contributed by atoms with Crippen LogP contribution >= 0.6 is 0 Å². The van der Waals surface area contributed by atoms with Crippen molar-refractivity contribution < 1.29 is 4.74 Å². The van der Waals surface area contributed by atoms with Crippen molar-refractivity contribution in [2.45, 2.75) is 52.0 Å². The van der Waals surface area contributed by atoms with E-state index >= 15 is 0 Å². The number of nitrogens with one attached hydrogen (secondary N) is 1. The van der Waals surface area contributed by atoms with Gasteiger partial charge in [0, 0.05) is 19.3 Å². The SMILES string of the molecule is CC(C)CNCCCCCN(C)C1CCOCC1. The number of rotatable bonds is 9. The lowest BCUT2D eigenvalue weighted by Crippen LogP contribution is -2.37. The van der Waals surface area contributed by atoms with Gasteiger partial charge in [-0.05, 0) is 58.3 Å². The molecular weight excluding hydrogens is 224 g/mol. The molecular formula is C15H32N2O. The lowest BCUT2D eigenvalue weighted by molar-refractivity contribution is 0.0426. The van der Waals surface area contributed by atoms with Crippen LogP contribution in [0.25, 0.3) is 0 Å². The summed E-state index contributed by atoms with van der Waals surface area (Å²) >= 11 is 0. The third-order valence-electron chi connectivity index (χ3n) is 3.73. The molecule has 108 valence electrons. The average Bonchev–Trinajstić information content (AvgIpc) is 2.38. The minimum absolute atomic E-state index is 0.762. The topological polar surface area (TPSA) is 24.5 Å². The largest absolute Gasteiger partial charge is 0.381 e. The average molecular weight is 256 g/mol. The van der Waals surface area contributed by atoms with E-state index in [1.807, 2.05) is 0 Å². The van der Waals surface area contributed by atoms with Gasteiger partial charge in [0.05, 0.1) is 0 Å². The standard InChI is InChI=1S/C15H32N2O/c1-14(2)13-16-9-5-4-6-10-17(3)15-7-11-18-12-8-15/h14-16H,4-13H2,1-3H3. The summed E-state index contributed by atoms with van der Waals surface area (Å²) in [7, 11) is 2.27. The van der Waals surface area contributed by atoms with E-state index in [1.165, 1.54) is 45.2 Å². The van der Waals surface area contributed by atoms with E-state index in [0.29, 0.717) is 0 Å². The highest BCUT2D eigenvalue weighted by Crippen LogP contribution is 2.13. The van der Waals surface area contributed by atoms with Gasteiger partial charge in [0.2, 0.25) is 0 Å². The molecule has 1 N–H and O–H groups in total. The Morgan fingerprint density at radius 2 is 1.89 bits per heavy atom. The Hall–Kier alpha value is -0.120. The molecule has 0 saturated carbocycles. The molecule has 1 rings (SSSR count). The van der Waals surface area contributed by atoms with Crippen molar-refractivity contribution in [3.63, 3.8) is 0 Å². The molecule has 3 nitrogen and oxygen atoms in total. The lowest BCUT2D eigenvalue weighted by Gasteiger charge is -2.31. The zero-order valence-corrected chi connectivity index (χ0v) is 12.6.